The Morgan fingerprint density at radius 3 is 2.85 bits per heavy atom. The van der Waals surface area contributed by atoms with Crippen molar-refractivity contribution in [1.29, 1.82) is 0 Å². The van der Waals surface area contributed by atoms with E-state index in [1.807, 2.05) is 0 Å². The maximum Gasteiger partial charge on any atom is 0.234 e. The lowest BCUT2D eigenvalue weighted by Gasteiger charge is -2.08. The van der Waals surface area contributed by atoms with Crippen molar-refractivity contribution < 1.29 is 17.6 Å². The fraction of sp³-hybridized carbons (Fsp3) is 0.417. The molecule has 1 atom stereocenters. The zero-order valence-electron chi connectivity index (χ0n) is 10.4. The molecule has 0 bridgehead atoms. The SMILES string of the molecule is O=C(CS[C@H]1CCS(=O)(=O)C1)Nc1ccc(F)c(Cl)c1. The molecule has 1 aromatic rings. The molecule has 0 radical (unpaired) electrons. The highest BCUT2D eigenvalue weighted by atomic mass is 35.5. The lowest BCUT2D eigenvalue weighted by atomic mass is 10.3. The van der Waals surface area contributed by atoms with E-state index < -0.39 is 15.7 Å². The molecule has 1 aliphatic rings. The molecule has 0 saturated carbocycles. The van der Waals surface area contributed by atoms with Crippen LogP contribution in [0.5, 0.6) is 0 Å². The van der Waals surface area contributed by atoms with Gasteiger partial charge in [-0.2, -0.15) is 0 Å². The summed E-state index contributed by atoms with van der Waals surface area (Å²) in [4.78, 5) is 11.7. The average Bonchev–Trinajstić information content (AvgIpc) is 2.71. The molecule has 110 valence electrons. The molecule has 2 rings (SSSR count). The van der Waals surface area contributed by atoms with E-state index >= 15 is 0 Å². The highest BCUT2D eigenvalue weighted by Crippen LogP contribution is 2.25. The number of rotatable bonds is 4. The van der Waals surface area contributed by atoms with Crippen molar-refractivity contribution in [2.75, 3.05) is 22.6 Å². The fourth-order valence-electron chi connectivity index (χ4n) is 1.86. The second-order valence-electron chi connectivity index (χ2n) is 4.51. The van der Waals surface area contributed by atoms with Gasteiger partial charge in [0.2, 0.25) is 5.91 Å². The molecule has 1 aromatic carbocycles. The minimum absolute atomic E-state index is 0.0254. The Balaban J connectivity index is 1.82. The van der Waals surface area contributed by atoms with Crippen LogP contribution in [0.1, 0.15) is 6.42 Å². The summed E-state index contributed by atoms with van der Waals surface area (Å²) >= 11 is 6.93. The van der Waals surface area contributed by atoms with E-state index in [-0.39, 0.29) is 33.4 Å². The van der Waals surface area contributed by atoms with E-state index in [0.29, 0.717) is 12.1 Å². The third kappa shape index (κ3) is 4.36. The van der Waals surface area contributed by atoms with Crippen molar-refractivity contribution >= 4 is 44.8 Å². The van der Waals surface area contributed by atoms with E-state index in [9.17, 15) is 17.6 Å². The van der Waals surface area contributed by atoms with Crippen LogP contribution in [0.3, 0.4) is 0 Å². The van der Waals surface area contributed by atoms with Crippen LogP contribution in [0.2, 0.25) is 5.02 Å². The van der Waals surface area contributed by atoms with Gasteiger partial charge in [-0.3, -0.25) is 4.79 Å². The van der Waals surface area contributed by atoms with Gasteiger partial charge in [0, 0.05) is 10.9 Å². The van der Waals surface area contributed by atoms with Gasteiger partial charge in [-0.05, 0) is 24.6 Å². The maximum absolute atomic E-state index is 13.0. The van der Waals surface area contributed by atoms with Gasteiger partial charge < -0.3 is 5.32 Å². The molecular weight excluding hydrogens is 325 g/mol. The first-order chi connectivity index (χ1) is 9.35. The number of carbonyl (C=O) groups is 1. The number of anilines is 1. The molecule has 20 heavy (non-hydrogen) atoms. The van der Waals surface area contributed by atoms with E-state index in [4.69, 9.17) is 11.6 Å². The van der Waals surface area contributed by atoms with Crippen LogP contribution >= 0.6 is 23.4 Å². The molecule has 1 amide bonds. The normalized spacial score (nSPS) is 20.8. The number of sulfone groups is 1. The second kappa shape index (κ2) is 6.32. The number of carbonyl (C=O) groups excluding carboxylic acids is 1. The number of hydrogen-bond acceptors (Lipinski definition) is 4. The van der Waals surface area contributed by atoms with Crippen LogP contribution in [0.15, 0.2) is 18.2 Å². The summed E-state index contributed by atoms with van der Waals surface area (Å²) in [5, 5.41) is 2.51. The van der Waals surface area contributed by atoms with Gasteiger partial charge >= 0.3 is 0 Å². The van der Waals surface area contributed by atoms with Crippen LogP contribution in [0.4, 0.5) is 10.1 Å². The Morgan fingerprint density at radius 1 is 1.50 bits per heavy atom. The van der Waals surface area contributed by atoms with Crippen LogP contribution in [-0.2, 0) is 14.6 Å². The lowest BCUT2D eigenvalue weighted by Crippen LogP contribution is -2.17. The topological polar surface area (TPSA) is 63.2 Å². The van der Waals surface area contributed by atoms with Gasteiger partial charge in [-0.1, -0.05) is 11.6 Å². The highest BCUT2D eigenvalue weighted by Gasteiger charge is 2.28. The maximum atomic E-state index is 13.0. The van der Waals surface area contributed by atoms with E-state index in [0.717, 1.165) is 0 Å². The molecule has 8 heteroatoms. The van der Waals surface area contributed by atoms with Crippen LogP contribution in [0.25, 0.3) is 0 Å². The van der Waals surface area contributed by atoms with Crippen molar-refractivity contribution in [2.45, 2.75) is 11.7 Å². The van der Waals surface area contributed by atoms with Crippen LogP contribution in [0, 0.1) is 5.82 Å². The largest absolute Gasteiger partial charge is 0.325 e. The number of thioether (sulfide) groups is 1. The van der Waals surface area contributed by atoms with Gasteiger partial charge in [-0.15, -0.1) is 11.8 Å². The average molecular weight is 338 g/mol. The molecule has 0 spiro atoms. The van der Waals surface area contributed by atoms with Crippen LogP contribution < -0.4 is 5.32 Å². The third-order valence-electron chi connectivity index (χ3n) is 2.84. The minimum atomic E-state index is -2.92. The van der Waals surface area contributed by atoms with E-state index in [1.165, 1.54) is 30.0 Å². The standard InChI is InChI=1S/C12H13ClFNO3S2/c13-10-5-8(1-2-11(10)14)15-12(16)6-19-9-3-4-20(17,18)7-9/h1-2,5,9H,3-4,6-7H2,(H,15,16)/t9-/m0/s1. The zero-order valence-corrected chi connectivity index (χ0v) is 12.8. The first-order valence-corrected chi connectivity index (χ1v) is 9.17. The summed E-state index contributed by atoms with van der Waals surface area (Å²) in [7, 11) is -2.92. The van der Waals surface area contributed by atoms with Gasteiger partial charge in [-0.25, -0.2) is 12.8 Å². The third-order valence-corrected chi connectivity index (χ3v) is 6.42. The number of benzene rings is 1. The summed E-state index contributed by atoms with van der Waals surface area (Å²) in [6.45, 7) is 0. The van der Waals surface area contributed by atoms with Crippen LogP contribution in [-0.4, -0.2) is 36.8 Å². The molecule has 1 aliphatic heterocycles. The smallest absolute Gasteiger partial charge is 0.234 e. The predicted octanol–water partition coefficient (Wildman–Crippen LogP) is 2.34. The van der Waals surface area contributed by atoms with Crippen molar-refractivity contribution in [3.63, 3.8) is 0 Å². The molecule has 0 unspecified atom stereocenters. The Hall–Kier alpha value is -0.790. The van der Waals surface area contributed by atoms with Gasteiger partial charge in [0.15, 0.2) is 9.84 Å². The molecule has 4 nitrogen and oxygen atoms in total. The number of nitrogens with one attached hydrogen (secondary N) is 1. The number of halogens is 2. The Bertz CT molecular complexity index is 621. The molecule has 0 aliphatic carbocycles. The Kier molecular flexibility index (Phi) is 4.93. The predicted molar refractivity (Wildman–Crippen MR) is 79.6 cm³/mol. The van der Waals surface area contributed by atoms with Crippen molar-refractivity contribution in [2.24, 2.45) is 0 Å². The van der Waals surface area contributed by atoms with Crippen molar-refractivity contribution in [1.82, 2.24) is 0 Å². The summed E-state index contributed by atoms with van der Waals surface area (Å²) in [5.41, 5.74) is 0.418. The molecule has 0 aromatic heterocycles. The molecule has 1 fully saturated rings. The quantitative estimate of drug-likeness (QED) is 0.916. The summed E-state index contributed by atoms with van der Waals surface area (Å²) in [5.74, 6) is -0.320. The van der Waals surface area contributed by atoms with E-state index in [2.05, 4.69) is 5.32 Å². The van der Waals surface area contributed by atoms with Crippen molar-refractivity contribution in [3.05, 3.63) is 29.0 Å². The Labute approximate surface area is 126 Å². The minimum Gasteiger partial charge on any atom is -0.325 e. The van der Waals surface area contributed by atoms with E-state index in [1.54, 1.807) is 0 Å². The van der Waals surface area contributed by atoms with Gasteiger partial charge in [0.1, 0.15) is 5.82 Å². The summed E-state index contributed by atoms with van der Waals surface area (Å²) in [6, 6.07) is 3.93. The van der Waals surface area contributed by atoms with Crippen molar-refractivity contribution in [3.8, 4) is 0 Å². The lowest BCUT2D eigenvalue weighted by molar-refractivity contribution is -0.113. The summed E-state index contributed by atoms with van der Waals surface area (Å²) in [6.07, 6.45) is 0.586. The first-order valence-electron chi connectivity index (χ1n) is 5.93. The second-order valence-corrected chi connectivity index (χ2v) is 8.44. The Morgan fingerprint density at radius 2 is 2.25 bits per heavy atom. The number of amides is 1. The van der Waals surface area contributed by atoms with Gasteiger partial charge in [0.25, 0.3) is 0 Å². The molecule has 1 N–H and O–H groups in total. The monoisotopic (exact) mass is 337 g/mol. The number of hydrogen-bond donors (Lipinski definition) is 1. The molecular formula is C12H13ClFNO3S2. The molecule has 1 saturated heterocycles. The fourth-order valence-corrected chi connectivity index (χ4v) is 5.48. The highest BCUT2D eigenvalue weighted by molar-refractivity contribution is 8.02. The summed E-state index contributed by atoms with van der Waals surface area (Å²) < 4.78 is 35.5. The zero-order chi connectivity index (χ0) is 14.8. The molecule has 1 heterocycles. The first kappa shape index (κ1) is 15.6. The van der Waals surface area contributed by atoms with Gasteiger partial charge in [0.05, 0.1) is 22.3 Å².